The van der Waals surface area contributed by atoms with Crippen LogP contribution in [-0.4, -0.2) is 29.3 Å². The molecule has 30 heavy (non-hydrogen) atoms. The van der Waals surface area contributed by atoms with Crippen LogP contribution in [0.4, 0.5) is 0 Å². The molecule has 0 spiro atoms. The van der Waals surface area contributed by atoms with Gasteiger partial charge in [0.2, 0.25) is 0 Å². The number of carboxylic acid groups (broad SMARTS) is 1. The van der Waals surface area contributed by atoms with Gasteiger partial charge in [0.15, 0.2) is 0 Å². The van der Waals surface area contributed by atoms with Gasteiger partial charge in [0.25, 0.3) is 0 Å². The van der Waals surface area contributed by atoms with Crippen LogP contribution in [0.3, 0.4) is 0 Å². The number of nitrogens with one attached hydrogen (secondary N) is 1. The third kappa shape index (κ3) is 6.04. The fraction of sp³-hybridized carbons (Fsp3) is 0.160. The maximum Gasteiger partial charge on any atom is 0.336 e. The first-order chi connectivity index (χ1) is 14.1. The summed E-state index contributed by atoms with van der Waals surface area (Å²) < 4.78 is 0. The van der Waals surface area contributed by atoms with Crippen LogP contribution in [0.2, 0.25) is 0 Å². The van der Waals surface area contributed by atoms with Gasteiger partial charge in [0.05, 0.1) is 11.7 Å². The Kier molecular flexibility index (Phi) is 8.81. The molecule has 0 heterocycles. The average Bonchev–Trinajstić information content (AvgIpc) is 2.77. The quantitative estimate of drug-likeness (QED) is 0.424. The molecular weight excluding hydrogens is 398 g/mol. The van der Waals surface area contributed by atoms with E-state index in [1.54, 1.807) is 12.1 Å². The number of rotatable bonds is 9. The Labute approximate surface area is 183 Å². The summed E-state index contributed by atoms with van der Waals surface area (Å²) in [5.74, 6) is -0.952. The minimum absolute atomic E-state index is 0. The van der Waals surface area contributed by atoms with Crippen LogP contribution < -0.4 is 5.32 Å². The molecule has 3 N–H and O–H groups in total. The van der Waals surface area contributed by atoms with Gasteiger partial charge in [-0.1, -0.05) is 73.3 Å². The second-order valence-electron chi connectivity index (χ2n) is 6.89. The zero-order chi connectivity index (χ0) is 20.6. The van der Waals surface area contributed by atoms with E-state index in [4.69, 9.17) is 0 Å². The topological polar surface area (TPSA) is 69.6 Å². The normalized spacial score (nSPS) is 11.4. The largest absolute Gasteiger partial charge is 0.478 e. The Morgan fingerprint density at radius 3 is 2.30 bits per heavy atom. The van der Waals surface area contributed by atoms with Gasteiger partial charge in [-0.15, -0.1) is 12.4 Å². The van der Waals surface area contributed by atoms with Crippen molar-refractivity contribution >= 4 is 24.5 Å². The molecule has 0 aliphatic heterocycles. The van der Waals surface area contributed by atoms with Crippen LogP contribution in [-0.2, 0) is 6.42 Å². The lowest BCUT2D eigenvalue weighted by Crippen LogP contribution is -2.23. The molecule has 3 rings (SSSR count). The smallest absolute Gasteiger partial charge is 0.336 e. The van der Waals surface area contributed by atoms with Crippen LogP contribution >= 0.6 is 12.4 Å². The number of carbonyl (C=O) groups is 1. The summed E-state index contributed by atoms with van der Waals surface area (Å²) in [7, 11) is 0. The zero-order valence-electron chi connectivity index (χ0n) is 16.6. The van der Waals surface area contributed by atoms with Gasteiger partial charge in [-0.3, -0.25) is 0 Å². The number of aliphatic hydroxyl groups excluding tert-OH is 1. The van der Waals surface area contributed by atoms with Crippen LogP contribution in [0.25, 0.3) is 17.2 Å². The van der Waals surface area contributed by atoms with Gasteiger partial charge in [-0.05, 0) is 52.9 Å². The molecule has 0 saturated heterocycles. The SMILES string of the molecule is C=Cc1cc(-c2ccc(CCNC[C@@H](O)c3ccccc3)cc2)ccc1C(=O)O.Cl. The van der Waals surface area contributed by atoms with Crippen molar-refractivity contribution in [3.8, 4) is 11.1 Å². The maximum absolute atomic E-state index is 11.3. The fourth-order valence-corrected chi connectivity index (χ4v) is 3.23. The molecule has 1 atom stereocenters. The summed E-state index contributed by atoms with van der Waals surface area (Å²) in [6.45, 7) is 5.00. The lowest BCUT2D eigenvalue weighted by molar-refractivity contribution is 0.0696. The van der Waals surface area contributed by atoms with Crippen molar-refractivity contribution in [1.29, 1.82) is 0 Å². The molecule has 0 bridgehead atoms. The van der Waals surface area contributed by atoms with E-state index in [9.17, 15) is 15.0 Å². The Morgan fingerprint density at radius 1 is 1.00 bits per heavy atom. The summed E-state index contributed by atoms with van der Waals surface area (Å²) in [6, 6.07) is 23.1. The molecule has 3 aromatic carbocycles. The lowest BCUT2D eigenvalue weighted by atomic mass is 9.98. The predicted molar refractivity (Wildman–Crippen MR) is 124 cm³/mol. The minimum atomic E-state index is -0.952. The van der Waals surface area contributed by atoms with E-state index in [0.717, 1.165) is 29.7 Å². The van der Waals surface area contributed by atoms with Gasteiger partial charge in [0, 0.05) is 6.54 Å². The summed E-state index contributed by atoms with van der Waals surface area (Å²) in [4.78, 5) is 11.3. The van der Waals surface area contributed by atoms with Crippen molar-refractivity contribution in [2.24, 2.45) is 0 Å². The molecule has 0 aromatic heterocycles. The highest BCUT2D eigenvalue weighted by atomic mass is 35.5. The molecule has 0 amide bonds. The van der Waals surface area contributed by atoms with Gasteiger partial charge in [0.1, 0.15) is 0 Å². The van der Waals surface area contributed by atoms with E-state index in [-0.39, 0.29) is 18.0 Å². The molecule has 0 unspecified atom stereocenters. The van der Waals surface area contributed by atoms with Crippen LogP contribution in [0.15, 0.2) is 79.4 Å². The molecule has 0 saturated carbocycles. The van der Waals surface area contributed by atoms with Gasteiger partial charge >= 0.3 is 5.97 Å². The van der Waals surface area contributed by atoms with Crippen LogP contribution in [0, 0.1) is 0 Å². The number of hydrogen-bond acceptors (Lipinski definition) is 3. The van der Waals surface area contributed by atoms with Gasteiger partial charge in [-0.25, -0.2) is 4.79 Å². The van der Waals surface area contributed by atoms with Crippen LogP contribution in [0.5, 0.6) is 0 Å². The van der Waals surface area contributed by atoms with E-state index in [2.05, 4.69) is 24.0 Å². The average molecular weight is 424 g/mol. The summed E-state index contributed by atoms with van der Waals surface area (Å²) in [6.07, 6.45) is 1.92. The first kappa shape index (κ1) is 23.4. The van der Waals surface area contributed by atoms with Crippen molar-refractivity contribution in [1.82, 2.24) is 5.32 Å². The number of benzene rings is 3. The molecule has 0 aliphatic rings. The Morgan fingerprint density at radius 2 is 1.67 bits per heavy atom. The maximum atomic E-state index is 11.3. The molecule has 0 radical (unpaired) electrons. The molecular formula is C25H26ClNO3. The summed E-state index contributed by atoms with van der Waals surface area (Å²) >= 11 is 0. The third-order valence-corrected chi connectivity index (χ3v) is 4.90. The summed E-state index contributed by atoms with van der Waals surface area (Å²) in [5.41, 5.74) is 4.96. The molecule has 0 fully saturated rings. The predicted octanol–water partition coefficient (Wildman–Crippen LogP) is 4.98. The Bertz CT molecular complexity index is 971. The van der Waals surface area contributed by atoms with Crippen molar-refractivity contribution < 1.29 is 15.0 Å². The lowest BCUT2D eigenvalue weighted by Gasteiger charge is -2.12. The molecule has 4 nitrogen and oxygen atoms in total. The highest BCUT2D eigenvalue weighted by Crippen LogP contribution is 2.24. The van der Waals surface area contributed by atoms with E-state index >= 15 is 0 Å². The van der Waals surface area contributed by atoms with Crippen molar-refractivity contribution in [3.05, 3.63) is 102 Å². The highest BCUT2D eigenvalue weighted by Gasteiger charge is 2.09. The number of carboxylic acids is 1. The Hall–Kier alpha value is -2.92. The highest BCUT2D eigenvalue weighted by molar-refractivity contribution is 5.93. The first-order valence-corrected chi connectivity index (χ1v) is 9.61. The third-order valence-electron chi connectivity index (χ3n) is 4.90. The number of aromatic carboxylic acids is 1. The number of halogens is 1. The van der Waals surface area contributed by atoms with Crippen LogP contribution in [0.1, 0.15) is 33.2 Å². The zero-order valence-corrected chi connectivity index (χ0v) is 17.4. The van der Waals surface area contributed by atoms with Gasteiger partial charge in [-0.2, -0.15) is 0 Å². The van der Waals surface area contributed by atoms with Gasteiger partial charge < -0.3 is 15.5 Å². The number of aliphatic hydroxyl groups is 1. The second-order valence-corrected chi connectivity index (χ2v) is 6.89. The molecule has 5 heteroatoms. The van der Waals surface area contributed by atoms with Crippen molar-refractivity contribution in [2.45, 2.75) is 12.5 Å². The van der Waals surface area contributed by atoms with Crippen molar-refractivity contribution in [2.75, 3.05) is 13.1 Å². The minimum Gasteiger partial charge on any atom is -0.478 e. The van der Waals surface area contributed by atoms with E-state index in [1.807, 2.05) is 54.6 Å². The molecule has 0 aliphatic carbocycles. The monoisotopic (exact) mass is 423 g/mol. The Balaban J connectivity index is 0.00000320. The second kappa shape index (κ2) is 11.3. The standard InChI is InChI=1S/C25H25NO3.ClH/c1-2-19-16-22(12-13-23(19)25(28)29)20-10-8-18(9-11-20)14-15-26-17-24(27)21-6-4-3-5-7-21;/h2-13,16,24,26-27H,1,14-15,17H2,(H,28,29);1H/t24-;/m1./s1. The molecule has 3 aromatic rings. The molecule has 156 valence electrons. The van der Waals surface area contributed by atoms with E-state index in [0.29, 0.717) is 12.1 Å². The first-order valence-electron chi connectivity index (χ1n) is 9.61. The summed E-state index contributed by atoms with van der Waals surface area (Å²) in [5, 5.41) is 22.7. The fourth-order valence-electron chi connectivity index (χ4n) is 3.23. The van der Waals surface area contributed by atoms with E-state index in [1.165, 1.54) is 5.56 Å². The number of hydrogen-bond donors (Lipinski definition) is 3. The van der Waals surface area contributed by atoms with Crippen molar-refractivity contribution in [3.63, 3.8) is 0 Å². The van der Waals surface area contributed by atoms with E-state index < -0.39 is 12.1 Å².